The molecule has 0 aliphatic rings. The maximum absolute atomic E-state index is 5.78. The summed E-state index contributed by atoms with van der Waals surface area (Å²) in [6.07, 6.45) is 0. The Labute approximate surface area is 116 Å². The molecule has 2 rings (SSSR count). The Bertz CT molecular complexity index is 494. The predicted octanol–water partition coefficient (Wildman–Crippen LogP) is 5.16. The molecule has 0 spiro atoms. The lowest BCUT2D eigenvalue weighted by molar-refractivity contribution is 0.307. The van der Waals surface area contributed by atoms with E-state index in [1.54, 1.807) is 11.3 Å². The monoisotopic (exact) mass is 360 g/mol. The van der Waals surface area contributed by atoms with Crippen molar-refractivity contribution in [3.8, 4) is 5.75 Å². The van der Waals surface area contributed by atoms with Gasteiger partial charge in [-0.2, -0.15) is 0 Å². The van der Waals surface area contributed by atoms with Crippen LogP contribution in [0.25, 0.3) is 0 Å². The van der Waals surface area contributed by atoms with Crippen LogP contribution >= 0.6 is 43.2 Å². The molecule has 0 aliphatic heterocycles. The molecule has 0 atom stereocenters. The summed E-state index contributed by atoms with van der Waals surface area (Å²) in [6.45, 7) is 2.67. The summed E-state index contributed by atoms with van der Waals surface area (Å²) in [6, 6.07) is 8.14. The molecule has 0 fully saturated rings. The van der Waals surface area contributed by atoms with E-state index in [1.807, 2.05) is 25.1 Å². The Morgan fingerprint density at radius 1 is 1.19 bits per heavy atom. The molecule has 1 aromatic carbocycles. The van der Waals surface area contributed by atoms with E-state index in [9.17, 15) is 0 Å². The molecular weight excluding hydrogens is 352 g/mol. The van der Waals surface area contributed by atoms with Crippen molar-refractivity contribution in [3.63, 3.8) is 0 Å². The fourth-order valence-electron chi connectivity index (χ4n) is 1.31. The summed E-state index contributed by atoms with van der Waals surface area (Å²) in [5.41, 5.74) is 1.15. The molecule has 0 N–H and O–H groups in total. The minimum atomic E-state index is 0.619. The minimum Gasteiger partial charge on any atom is -0.488 e. The van der Waals surface area contributed by atoms with Crippen LogP contribution in [0.4, 0.5) is 0 Å². The van der Waals surface area contributed by atoms with Crippen molar-refractivity contribution in [1.82, 2.24) is 0 Å². The molecule has 0 radical (unpaired) electrons. The van der Waals surface area contributed by atoms with Crippen molar-refractivity contribution in [2.75, 3.05) is 0 Å². The van der Waals surface area contributed by atoms with Crippen molar-refractivity contribution in [3.05, 3.63) is 49.0 Å². The Balaban J connectivity index is 2.07. The van der Waals surface area contributed by atoms with Crippen LogP contribution in [0.5, 0.6) is 5.75 Å². The summed E-state index contributed by atoms with van der Waals surface area (Å²) in [7, 11) is 0. The second-order valence-electron chi connectivity index (χ2n) is 3.43. The first kappa shape index (κ1) is 12.1. The van der Waals surface area contributed by atoms with E-state index in [2.05, 4.69) is 43.3 Å². The molecule has 0 bridgehead atoms. The molecule has 1 heterocycles. The number of halogens is 2. The van der Waals surface area contributed by atoms with Crippen LogP contribution in [0, 0.1) is 6.92 Å². The first-order valence-corrected chi connectivity index (χ1v) is 7.23. The number of hydrogen-bond acceptors (Lipinski definition) is 2. The SMILES string of the molecule is Cc1ccc(Br)cc1OCc1cc(Br)cs1. The van der Waals surface area contributed by atoms with Crippen LogP contribution in [-0.2, 0) is 6.61 Å². The third kappa shape index (κ3) is 3.09. The zero-order chi connectivity index (χ0) is 11.5. The van der Waals surface area contributed by atoms with Gasteiger partial charge in [0.1, 0.15) is 12.4 Å². The third-order valence-corrected chi connectivity index (χ3v) is 4.31. The number of hydrogen-bond donors (Lipinski definition) is 0. The minimum absolute atomic E-state index is 0.619. The molecule has 2 aromatic rings. The van der Waals surface area contributed by atoms with Gasteiger partial charge in [0.15, 0.2) is 0 Å². The molecule has 4 heteroatoms. The van der Waals surface area contributed by atoms with Gasteiger partial charge < -0.3 is 4.74 Å². The second-order valence-corrected chi connectivity index (χ2v) is 6.26. The third-order valence-electron chi connectivity index (χ3n) is 2.14. The number of ether oxygens (including phenoxy) is 1. The Hall–Kier alpha value is -0.320. The summed E-state index contributed by atoms with van der Waals surface area (Å²) in [4.78, 5) is 1.21. The van der Waals surface area contributed by atoms with Gasteiger partial charge in [0.05, 0.1) is 0 Å². The van der Waals surface area contributed by atoms with Gasteiger partial charge in [-0.05, 0) is 46.6 Å². The summed E-state index contributed by atoms with van der Waals surface area (Å²) >= 11 is 8.57. The number of benzene rings is 1. The van der Waals surface area contributed by atoms with Crippen LogP contribution in [0.3, 0.4) is 0 Å². The first-order valence-electron chi connectivity index (χ1n) is 4.77. The molecule has 84 valence electrons. The van der Waals surface area contributed by atoms with Gasteiger partial charge in [-0.25, -0.2) is 0 Å². The van der Waals surface area contributed by atoms with Crippen molar-refractivity contribution in [1.29, 1.82) is 0 Å². The molecular formula is C12H10Br2OS. The van der Waals surface area contributed by atoms with E-state index in [0.29, 0.717) is 6.61 Å². The summed E-state index contributed by atoms with van der Waals surface area (Å²) in [5, 5.41) is 2.06. The highest BCUT2D eigenvalue weighted by Crippen LogP contribution is 2.25. The highest BCUT2D eigenvalue weighted by Gasteiger charge is 2.02. The van der Waals surface area contributed by atoms with Gasteiger partial charge in [-0.3, -0.25) is 0 Å². The molecule has 0 saturated heterocycles. The van der Waals surface area contributed by atoms with Gasteiger partial charge in [0, 0.05) is 19.2 Å². The molecule has 16 heavy (non-hydrogen) atoms. The summed E-state index contributed by atoms with van der Waals surface area (Å²) < 4.78 is 7.93. The second kappa shape index (κ2) is 5.34. The highest BCUT2D eigenvalue weighted by molar-refractivity contribution is 9.10. The van der Waals surface area contributed by atoms with E-state index >= 15 is 0 Å². The van der Waals surface area contributed by atoms with Crippen molar-refractivity contribution in [2.45, 2.75) is 13.5 Å². The average molecular weight is 362 g/mol. The zero-order valence-corrected chi connectivity index (χ0v) is 12.7. The maximum Gasteiger partial charge on any atom is 0.123 e. The first-order chi connectivity index (χ1) is 7.65. The smallest absolute Gasteiger partial charge is 0.123 e. The van der Waals surface area contributed by atoms with Crippen LogP contribution in [0.2, 0.25) is 0 Å². The Morgan fingerprint density at radius 2 is 2.00 bits per heavy atom. The Kier molecular flexibility index (Phi) is 4.05. The predicted molar refractivity (Wildman–Crippen MR) is 75.2 cm³/mol. The lowest BCUT2D eigenvalue weighted by atomic mass is 10.2. The highest BCUT2D eigenvalue weighted by atomic mass is 79.9. The van der Waals surface area contributed by atoms with Gasteiger partial charge in [0.25, 0.3) is 0 Å². The van der Waals surface area contributed by atoms with Gasteiger partial charge >= 0.3 is 0 Å². The van der Waals surface area contributed by atoms with Crippen molar-refractivity contribution < 1.29 is 4.74 Å². The van der Waals surface area contributed by atoms with E-state index in [-0.39, 0.29) is 0 Å². The fraction of sp³-hybridized carbons (Fsp3) is 0.167. The molecule has 1 nitrogen and oxygen atoms in total. The Morgan fingerprint density at radius 3 is 2.69 bits per heavy atom. The zero-order valence-electron chi connectivity index (χ0n) is 8.67. The van der Waals surface area contributed by atoms with Gasteiger partial charge in [-0.15, -0.1) is 11.3 Å². The molecule has 0 saturated carbocycles. The van der Waals surface area contributed by atoms with E-state index in [1.165, 1.54) is 4.88 Å². The van der Waals surface area contributed by atoms with Gasteiger partial charge in [-0.1, -0.05) is 22.0 Å². The molecule has 0 unspecified atom stereocenters. The van der Waals surface area contributed by atoms with E-state index < -0.39 is 0 Å². The largest absolute Gasteiger partial charge is 0.488 e. The van der Waals surface area contributed by atoms with Crippen molar-refractivity contribution >= 4 is 43.2 Å². The fourth-order valence-corrected chi connectivity index (χ4v) is 3.01. The molecule has 1 aromatic heterocycles. The maximum atomic E-state index is 5.78. The number of thiophene rings is 1. The van der Waals surface area contributed by atoms with Crippen LogP contribution in [0.15, 0.2) is 38.6 Å². The average Bonchev–Trinajstić information content (AvgIpc) is 2.66. The van der Waals surface area contributed by atoms with Crippen molar-refractivity contribution in [2.24, 2.45) is 0 Å². The van der Waals surface area contributed by atoms with E-state index in [0.717, 1.165) is 20.3 Å². The van der Waals surface area contributed by atoms with Crippen LogP contribution in [0.1, 0.15) is 10.4 Å². The number of aryl methyl sites for hydroxylation is 1. The topological polar surface area (TPSA) is 9.23 Å². The van der Waals surface area contributed by atoms with Gasteiger partial charge in [0.2, 0.25) is 0 Å². The number of rotatable bonds is 3. The van der Waals surface area contributed by atoms with Crippen LogP contribution < -0.4 is 4.74 Å². The van der Waals surface area contributed by atoms with E-state index in [4.69, 9.17) is 4.74 Å². The lowest BCUT2D eigenvalue weighted by Crippen LogP contribution is -1.94. The normalized spacial score (nSPS) is 10.4. The summed E-state index contributed by atoms with van der Waals surface area (Å²) in [5.74, 6) is 0.930. The molecule has 0 aliphatic carbocycles. The molecule has 0 amide bonds. The lowest BCUT2D eigenvalue weighted by Gasteiger charge is -2.08. The standard InChI is InChI=1S/C12H10Br2OS/c1-8-2-3-9(13)5-12(8)15-6-11-4-10(14)7-16-11/h2-5,7H,6H2,1H3. The quantitative estimate of drug-likeness (QED) is 0.733. The van der Waals surface area contributed by atoms with Crippen LogP contribution in [-0.4, -0.2) is 0 Å².